The van der Waals surface area contributed by atoms with Crippen molar-refractivity contribution in [3.63, 3.8) is 0 Å². The summed E-state index contributed by atoms with van der Waals surface area (Å²) in [5, 5.41) is 3.78. The second-order valence-corrected chi connectivity index (χ2v) is 5.50. The molecule has 1 heterocycles. The van der Waals surface area contributed by atoms with Gasteiger partial charge in [0, 0.05) is 0 Å². The van der Waals surface area contributed by atoms with Crippen molar-refractivity contribution in [1.82, 2.24) is 0 Å². The Hall–Kier alpha value is 0.284. The first-order chi connectivity index (χ1) is 5.70. The standard InChI is InChI=1S/C10H9S.Y/c1-7-4-3-5-9-8(2)6-11-10(7)9;/h3-4,6H,1-2H3;. The third-order valence-corrected chi connectivity index (χ3v) is 4.55. The fourth-order valence-corrected chi connectivity index (χ4v) is 3.94. The molecule has 58 valence electrons. The Labute approximate surface area is 96.4 Å². The minimum atomic E-state index is 1.22. The molecule has 0 spiro atoms. The van der Waals surface area contributed by atoms with Crippen molar-refractivity contribution in [2.24, 2.45) is 0 Å². The third kappa shape index (κ3) is 1.28. The van der Waals surface area contributed by atoms with Gasteiger partial charge in [-0.25, -0.2) is 0 Å². The predicted molar refractivity (Wildman–Crippen MR) is 50.9 cm³/mol. The summed E-state index contributed by atoms with van der Waals surface area (Å²) in [6, 6.07) is 4.50. The molecule has 0 aliphatic rings. The topological polar surface area (TPSA) is 0 Å². The number of hydrogen-bond donors (Lipinski definition) is 0. The van der Waals surface area contributed by atoms with Crippen LogP contribution in [-0.2, 0) is 31.0 Å². The van der Waals surface area contributed by atoms with E-state index in [0.717, 1.165) is 0 Å². The Bertz CT molecular complexity index is 429. The fourth-order valence-electron chi connectivity index (χ4n) is 1.47. The monoisotopic (exact) mass is 250 g/mol. The maximum atomic E-state index is 2.26. The molecule has 0 N–H and O–H groups in total. The van der Waals surface area contributed by atoms with E-state index in [-0.39, 0.29) is 0 Å². The van der Waals surface area contributed by atoms with Crippen LogP contribution in [0.4, 0.5) is 0 Å². The normalized spacial score (nSPS) is 10.8. The zero-order valence-electron chi connectivity index (χ0n) is 7.22. The van der Waals surface area contributed by atoms with Gasteiger partial charge in [-0.05, 0) is 0 Å². The Morgan fingerprint density at radius 2 is 1.92 bits per heavy atom. The number of fused-ring (bicyclic) bond motifs is 1. The van der Waals surface area contributed by atoms with Crippen molar-refractivity contribution < 1.29 is 31.0 Å². The molecule has 1 aromatic carbocycles. The molecule has 0 atom stereocenters. The van der Waals surface area contributed by atoms with E-state index in [2.05, 4.69) is 31.4 Å². The number of hydrogen-bond acceptors (Lipinski definition) is 1. The zero-order chi connectivity index (χ0) is 8.72. The van der Waals surface area contributed by atoms with Gasteiger partial charge in [-0.15, -0.1) is 0 Å². The molecular weight excluding hydrogens is 241 g/mol. The molecule has 0 fully saturated rings. The number of benzene rings is 1. The first-order valence-corrected chi connectivity index (χ1v) is 6.23. The Morgan fingerprint density at radius 1 is 1.17 bits per heavy atom. The first kappa shape index (κ1) is 8.86. The summed E-state index contributed by atoms with van der Waals surface area (Å²) < 4.78 is 3.01. The van der Waals surface area contributed by atoms with E-state index in [1.807, 2.05) is 11.3 Å². The van der Waals surface area contributed by atoms with Crippen LogP contribution < -0.4 is 2.37 Å². The Kier molecular flexibility index (Phi) is 2.37. The van der Waals surface area contributed by atoms with Gasteiger partial charge in [0.15, 0.2) is 0 Å². The molecule has 0 saturated carbocycles. The molecule has 0 bridgehead atoms. The maximum absolute atomic E-state index is 2.26. The van der Waals surface area contributed by atoms with Crippen LogP contribution in [0, 0.1) is 13.8 Å². The Balaban J connectivity index is 2.98. The molecule has 0 unspecified atom stereocenters. The van der Waals surface area contributed by atoms with Crippen LogP contribution in [0.5, 0.6) is 0 Å². The van der Waals surface area contributed by atoms with Crippen LogP contribution in [0.25, 0.3) is 10.1 Å². The molecule has 0 saturated heterocycles. The van der Waals surface area contributed by atoms with Crippen molar-refractivity contribution in [2.75, 3.05) is 0 Å². The summed E-state index contributed by atoms with van der Waals surface area (Å²) >= 11 is 3.10. The molecule has 2 heteroatoms. The molecule has 2 rings (SSSR count). The van der Waals surface area contributed by atoms with Crippen molar-refractivity contribution in [3.05, 3.63) is 28.6 Å². The fraction of sp³-hybridized carbons (Fsp3) is 0.200. The van der Waals surface area contributed by atoms with Gasteiger partial charge in [0.2, 0.25) is 0 Å². The third-order valence-electron chi connectivity index (χ3n) is 2.13. The van der Waals surface area contributed by atoms with E-state index in [1.165, 1.54) is 54.5 Å². The summed E-state index contributed by atoms with van der Waals surface area (Å²) in [4.78, 5) is 0. The molecule has 0 nitrogen and oxygen atoms in total. The first-order valence-electron chi connectivity index (χ1n) is 3.93. The van der Waals surface area contributed by atoms with Crippen LogP contribution in [0.1, 0.15) is 11.1 Å². The average Bonchev–Trinajstić information content (AvgIpc) is 2.42. The Morgan fingerprint density at radius 3 is 2.58 bits per heavy atom. The zero-order valence-corrected chi connectivity index (χ0v) is 10.9. The van der Waals surface area contributed by atoms with Crippen LogP contribution in [0.3, 0.4) is 0 Å². The van der Waals surface area contributed by atoms with E-state index < -0.39 is 0 Å². The summed E-state index contributed by atoms with van der Waals surface area (Å²) in [7, 11) is 0. The van der Waals surface area contributed by atoms with E-state index in [4.69, 9.17) is 0 Å². The summed E-state index contributed by atoms with van der Waals surface area (Å²) in [5.74, 6) is 0. The van der Waals surface area contributed by atoms with Crippen molar-refractivity contribution in [3.8, 4) is 0 Å². The number of thiophene rings is 1. The van der Waals surface area contributed by atoms with Gasteiger partial charge in [-0.1, -0.05) is 0 Å². The summed E-state index contributed by atoms with van der Waals surface area (Å²) in [5.41, 5.74) is 2.86. The molecule has 0 aliphatic heterocycles. The van der Waals surface area contributed by atoms with Crippen molar-refractivity contribution >= 4 is 23.8 Å². The van der Waals surface area contributed by atoms with Crippen molar-refractivity contribution in [1.29, 1.82) is 0 Å². The van der Waals surface area contributed by atoms with Crippen molar-refractivity contribution in [2.45, 2.75) is 13.8 Å². The SMILES string of the molecule is Cc1cc[c]([Y])c2c(C)csc12. The van der Waals surface area contributed by atoms with Gasteiger partial charge in [0.25, 0.3) is 0 Å². The van der Waals surface area contributed by atoms with Crippen LogP contribution in [0.2, 0.25) is 0 Å². The van der Waals surface area contributed by atoms with E-state index >= 15 is 0 Å². The van der Waals surface area contributed by atoms with Gasteiger partial charge < -0.3 is 0 Å². The second-order valence-electron chi connectivity index (χ2n) is 3.09. The molecule has 12 heavy (non-hydrogen) atoms. The molecule has 0 aliphatic carbocycles. The molecule has 0 amide bonds. The van der Waals surface area contributed by atoms with Gasteiger partial charge in [-0.3, -0.25) is 0 Å². The second kappa shape index (κ2) is 3.21. The van der Waals surface area contributed by atoms with Crippen LogP contribution >= 0.6 is 11.3 Å². The van der Waals surface area contributed by atoms with Gasteiger partial charge in [-0.2, -0.15) is 0 Å². The molecule has 2 aromatic rings. The molecule has 0 radical (unpaired) electrons. The quantitative estimate of drug-likeness (QED) is 0.674. The molecular formula is C10H9SY. The van der Waals surface area contributed by atoms with E-state index in [1.54, 1.807) is 0 Å². The average molecular weight is 250 g/mol. The van der Waals surface area contributed by atoms with Gasteiger partial charge in [0.05, 0.1) is 0 Å². The minimum absolute atomic E-state index is 1.22. The van der Waals surface area contributed by atoms with E-state index in [9.17, 15) is 0 Å². The van der Waals surface area contributed by atoms with E-state index in [0.29, 0.717) is 0 Å². The summed E-state index contributed by atoms with van der Waals surface area (Å²) in [6.07, 6.45) is 0. The van der Waals surface area contributed by atoms with Crippen LogP contribution in [0.15, 0.2) is 17.5 Å². The summed E-state index contributed by atoms with van der Waals surface area (Å²) in [6.45, 7) is 4.40. The predicted octanol–water partition coefficient (Wildman–Crippen LogP) is 2.69. The molecule has 1 aromatic heterocycles. The van der Waals surface area contributed by atoms with Gasteiger partial charge in [0.1, 0.15) is 0 Å². The number of aryl methyl sites for hydroxylation is 2. The number of rotatable bonds is 0. The van der Waals surface area contributed by atoms with Gasteiger partial charge >= 0.3 is 97.2 Å². The van der Waals surface area contributed by atoms with Crippen LogP contribution in [-0.4, -0.2) is 0 Å².